The molecule has 0 radical (unpaired) electrons. The molecule has 92 valence electrons. The van der Waals surface area contributed by atoms with Crippen LogP contribution in [0.4, 0.5) is 0 Å². The van der Waals surface area contributed by atoms with Gasteiger partial charge in [0.1, 0.15) is 0 Å². The predicted octanol–water partition coefficient (Wildman–Crippen LogP) is 1.01. The number of aromatic nitrogens is 1. The number of aryl methyl sites for hydroxylation is 1. The molecule has 1 saturated heterocycles. The lowest BCUT2D eigenvalue weighted by atomic mass is 9.99. The molecule has 0 unspecified atom stereocenters. The van der Waals surface area contributed by atoms with Crippen LogP contribution in [-0.2, 0) is 11.3 Å². The van der Waals surface area contributed by atoms with Crippen LogP contribution in [0.1, 0.15) is 24.0 Å². The zero-order chi connectivity index (χ0) is 12.1. The van der Waals surface area contributed by atoms with E-state index in [1.54, 1.807) is 6.20 Å². The van der Waals surface area contributed by atoms with E-state index in [2.05, 4.69) is 15.6 Å². The Hall–Kier alpha value is -1.42. The van der Waals surface area contributed by atoms with Crippen LogP contribution in [0.25, 0.3) is 0 Å². The third kappa shape index (κ3) is 3.27. The summed E-state index contributed by atoms with van der Waals surface area (Å²) in [4.78, 5) is 16.0. The third-order valence-electron chi connectivity index (χ3n) is 3.26. The van der Waals surface area contributed by atoms with Gasteiger partial charge in [-0.3, -0.25) is 9.78 Å². The summed E-state index contributed by atoms with van der Waals surface area (Å²) in [5, 5.41) is 6.26. The molecule has 2 N–H and O–H groups in total. The summed E-state index contributed by atoms with van der Waals surface area (Å²) in [7, 11) is 0. The average Bonchev–Trinajstić information content (AvgIpc) is 2.38. The van der Waals surface area contributed by atoms with Crippen LogP contribution >= 0.6 is 0 Å². The summed E-state index contributed by atoms with van der Waals surface area (Å²) in [5.41, 5.74) is 2.26. The molecule has 1 aromatic heterocycles. The van der Waals surface area contributed by atoms with Crippen molar-refractivity contribution >= 4 is 5.91 Å². The minimum absolute atomic E-state index is 0.130. The van der Waals surface area contributed by atoms with E-state index < -0.39 is 0 Å². The molecule has 1 aliphatic rings. The summed E-state index contributed by atoms with van der Waals surface area (Å²) >= 11 is 0. The van der Waals surface area contributed by atoms with Crippen LogP contribution in [0, 0.1) is 12.8 Å². The topological polar surface area (TPSA) is 54.0 Å². The molecule has 1 fully saturated rings. The first-order valence-electron chi connectivity index (χ1n) is 6.15. The number of hydrogen-bond acceptors (Lipinski definition) is 3. The minimum Gasteiger partial charge on any atom is -0.352 e. The number of nitrogens with zero attached hydrogens (tertiary/aromatic N) is 1. The van der Waals surface area contributed by atoms with Crippen molar-refractivity contribution in [2.75, 3.05) is 13.1 Å². The van der Waals surface area contributed by atoms with Gasteiger partial charge < -0.3 is 10.6 Å². The van der Waals surface area contributed by atoms with Gasteiger partial charge in [-0.1, -0.05) is 0 Å². The molecule has 1 atom stereocenters. The maximum Gasteiger partial charge on any atom is 0.224 e. The van der Waals surface area contributed by atoms with E-state index in [0.717, 1.165) is 37.1 Å². The fourth-order valence-corrected chi connectivity index (χ4v) is 2.10. The first-order chi connectivity index (χ1) is 8.27. The molecule has 4 heteroatoms. The van der Waals surface area contributed by atoms with Crippen molar-refractivity contribution in [1.29, 1.82) is 0 Å². The lowest BCUT2D eigenvalue weighted by Crippen LogP contribution is -2.40. The molecule has 2 rings (SSSR count). The highest BCUT2D eigenvalue weighted by molar-refractivity contribution is 5.79. The van der Waals surface area contributed by atoms with E-state index in [9.17, 15) is 4.79 Å². The molecule has 2 heterocycles. The summed E-state index contributed by atoms with van der Waals surface area (Å²) < 4.78 is 0. The average molecular weight is 233 g/mol. The van der Waals surface area contributed by atoms with Crippen molar-refractivity contribution in [1.82, 2.24) is 15.6 Å². The molecule has 0 aliphatic carbocycles. The molecule has 4 nitrogen and oxygen atoms in total. The maximum absolute atomic E-state index is 11.9. The monoisotopic (exact) mass is 233 g/mol. The zero-order valence-electron chi connectivity index (χ0n) is 10.2. The van der Waals surface area contributed by atoms with Crippen LogP contribution in [0.3, 0.4) is 0 Å². The Balaban J connectivity index is 1.85. The molecular weight excluding hydrogens is 214 g/mol. The Bertz CT molecular complexity index is 386. The van der Waals surface area contributed by atoms with Crippen LogP contribution in [0.15, 0.2) is 18.5 Å². The van der Waals surface area contributed by atoms with Crippen LogP contribution in [-0.4, -0.2) is 24.0 Å². The van der Waals surface area contributed by atoms with E-state index in [1.807, 2.05) is 19.2 Å². The highest BCUT2D eigenvalue weighted by atomic mass is 16.1. The van der Waals surface area contributed by atoms with Gasteiger partial charge in [0, 0.05) is 25.5 Å². The number of amides is 1. The Labute approximate surface area is 102 Å². The fraction of sp³-hybridized carbons (Fsp3) is 0.538. The van der Waals surface area contributed by atoms with Crippen molar-refractivity contribution in [2.45, 2.75) is 26.3 Å². The molecule has 17 heavy (non-hydrogen) atoms. The standard InChI is InChI=1S/C13H19N3O/c1-10-7-15-6-4-11(10)9-16-13(17)12-3-2-5-14-8-12/h4,6-7,12,14H,2-3,5,8-9H2,1H3,(H,16,17)/t12-/m0/s1. The quantitative estimate of drug-likeness (QED) is 0.819. The normalized spacial score (nSPS) is 19.9. The minimum atomic E-state index is 0.130. The predicted molar refractivity (Wildman–Crippen MR) is 66.4 cm³/mol. The van der Waals surface area contributed by atoms with Crippen LogP contribution < -0.4 is 10.6 Å². The molecule has 1 amide bonds. The van der Waals surface area contributed by atoms with E-state index in [1.165, 1.54) is 0 Å². The second-order valence-electron chi connectivity index (χ2n) is 4.56. The first-order valence-corrected chi connectivity index (χ1v) is 6.15. The number of rotatable bonds is 3. The number of pyridine rings is 1. The van der Waals surface area contributed by atoms with Gasteiger partial charge in [0.25, 0.3) is 0 Å². The van der Waals surface area contributed by atoms with Gasteiger partial charge >= 0.3 is 0 Å². The fourth-order valence-electron chi connectivity index (χ4n) is 2.10. The Morgan fingerprint density at radius 1 is 1.65 bits per heavy atom. The number of hydrogen-bond donors (Lipinski definition) is 2. The number of carbonyl (C=O) groups is 1. The maximum atomic E-state index is 11.9. The second kappa shape index (κ2) is 5.77. The lowest BCUT2D eigenvalue weighted by Gasteiger charge is -2.22. The Morgan fingerprint density at radius 2 is 2.53 bits per heavy atom. The van der Waals surface area contributed by atoms with Crippen molar-refractivity contribution in [2.24, 2.45) is 5.92 Å². The van der Waals surface area contributed by atoms with Gasteiger partial charge in [-0.25, -0.2) is 0 Å². The first kappa shape index (κ1) is 12.0. The molecular formula is C13H19N3O. The van der Waals surface area contributed by atoms with Crippen LogP contribution in [0.2, 0.25) is 0 Å². The van der Waals surface area contributed by atoms with Crippen molar-refractivity contribution in [3.8, 4) is 0 Å². The van der Waals surface area contributed by atoms with E-state index in [0.29, 0.717) is 6.54 Å². The lowest BCUT2D eigenvalue weighted by molar-refractivity contribution is -0.125. The van der Waals surface area contributed by atoms with Gasteiger partial charge in [0.2, 0.25) is 5.91 Å². The molecule has 0 spiro atoms. The SMILES string of the molecule is Cc1cnccc1CNC(=O)[C@H]1CCCNC1. The number of nitrogens with one attached hydrogen (secondary N) is 2. The van der Waals surface area contributed by atoms with Gasteiger partial charge in [-0.2, -0.15) is 0 Å². The molecule has 0 saturated carbocycles. The summed E-state index contributed by atoms with van der Waals surface area (Å²) in [6, 6.07) is 1.95. The Kier molecular flexibility index (Phi) is 4.09. The highest BCUT2D eigenvalue weighted by Crippen LogP contribution is 2.10. The van der Waals surface area contributed by atoms with Crippen LogP contribution in [0.5, 0.6) is 0 Å². The molecule has 0 aromatic carbocycles. The third-order valence-corrected chi connectivity index (χ3v) is 3.26. The molecule has 1 aliphatic heterocycles. The number of piperidine rings is 1. The smallest absolute Gasteiger partial charge is 0.224 e. The van der Waals surface area contributed by atoms with Gasteiger partial charge in [-0.05, 0) is 43.5 Å². The Morgan fingerprint density at radius 3 is 3.24 bits per heavy atom. The van der Waals surface area contributed by atoms with E-state index in [-0.39, 0.29) is 11.8 Å². The summed E-state index contributed by atoms with van der Waals surface area (Å²) in [5.74, 6) is 0.291. The van der Waals surface area contributed by atoms with E-state index >= 15 is 0 Å². The van der Waals surface area contributed by atoms with Crippen molar-refractivity contribution in [3.05, 3.63) is 29.6 Å². The van der Waals surface area contributed by atoms with Gasteiger partial charge in [-0.15, -0.1) is 0 Å². The van der Waals surface area contributed by atoms with E-state index in [4.69, 9.17) is 0 Å². The summed E-state index contributed by atoms with van der Waals surface area (Å²) in [6.45, 7) is 4.45. The zero-order valence-corrected chi connectivity index (χ0v) is 10.2. The van der Waals surface area contributed by atoms with Gasteiger partial charge in [0.05, 0.1) is 5.92 Å². The van der Waals surface area contributed by atoms with Crippen molar-refractivity contribution in [3.63, 3.8) is 0 Å². The second-order valence-corrected chi connectivity index (χ2v) is 4.56. The van der Waals surface area contributed by atoms with Crippen molar-refractivity contribution < 1.29 is 4.79 Å². The number of carbonyl (C=O) groups excluding carboxylic acids is 1. The molecule has 0 bridgehead atoms. The van der Waals surface area contributed by atoms with Gasteiger partial charge in [0.15, 0.2) is 0 Å². The largest absolute Gasteiger partial charge is 0.352 e. The summed E-state index contributed by atoms with van der Waals surface area (Å²) in [6.07, 6.45) is 5.67. The molecule has 1 aromatic rings. The highest BCUT2D eigenvalue weighted by Gasteiger charge is 2.20.